The zero-order valence-electron chi connectivity index (χ0n) is 16.8. The number of nitrogens with zero attached hydrogens (tertiary/aromatic N) is 2. The smallest absolute Gasteiger partial charge is 0.246 e. The maximum absolute atomic E-state index is 12.9. The molecule has 0 spiro atoms. The van der Waals surface area contributed by atoms with Gasteiger partial charge in [0, 0.05) is 37.9 Å². The molecular weight excluding hydrogens is 369 g/mol. The monoisotopic (exact) mass is 395 g/mol. The molecule has 3 rings (SSSR count). The molecule has 0 aromatic heterocycles. The van der Waals surface area contributed by atoms with Crippen LogP contribution in [0.1, 0.15) is 16.7 Å². The molecule has 1 saturated heterocycles. The average Bonchev–Trinajstić information content (AvgIpc) is 2.71. The minimum Gasteiger partial charge on any atom is -0.337 e. The molecule has 1 heterocycles. The summed E-state index contributed by atoms with van der Waals surface area (Å²) in [7, 11) is 0. The van der Waals surface area contributed by atoms with E-state index in [0.29, 0.717) is 32.7 Å². The van der Waals surface area contributed by atoms with Crippen molar-refractivity contribution in [3.8, 4) is 0 Å². The molecular formula is C23H26FN3O2. The van der Waals surface area contributed by atoms with Gasteiger partial charge in [-0.2, -0.15) is 0 Å². The molecule has 1 aliphatic rings. The quantitative estimate of drug-likeness (QED) is 0.791. The van der Waals surface area contributed by atoms with Crippen LogP contribution in [-0.2, 0) is 9.59 Å². The van der Waals surface area contributed by atoms with Gasteiger partial charge in [-0.1, -0.05) is 24.3 Å². The topological polar surface area (TPSA) is 52.7 Å². The number of nitrogens with one attached hydrogen (secondary N) is 1. The number of aryl methyl sites for hydroxylation is 1. The van der Waals surface area contributed by atoms with E-state index in [-0.39, 0.29) is 17.6 Å². The lowest BCUT2D eigenvalue weighted by Gasteiger charge is -2.33. The van der Waals surface area contributed by atoms with Crippen LogP contribution in [0.5, 0.6) is 0 Å². The second-order valence-electron chi connectivity index (χ2n) is 7.28. The second kappa shape index (κ2) is 9.47. The molecule has 29 heavy (non-hydrogen) atoms. The largest absolute Gasteiger partial charge is 0.337 e. The van der Waals surface area contributed by atoms with E-state index in [1.807, 2.05) is 36.9 Å². The summed E-state index contributed by atoms with van der Waals surface area (Å²) in [6.45, 7) is 6.76. The van der Waals surface area contributed by atoms with E-state index < -0.39 is 0 Å². The molecule has 2 aromatic rings. The summed E-state index contributed by atoms with van der Waals surface area (Å²) in [5.74, 6) is -0.422. The Bertz CT molecular complexity index is 901. The highest BCUT2D eigenvalue weighted by atomic mass is 19.1. The van der Waals surface area contributed by atoms with Crippen LogP contribution in [0.15, 0.2) is 48.5 Å². The standard InChI is InChI=1S/C23H26FN3O2/c1-17-4-3-5-21(18(17)2)25-22(28)16-26-12-14-27(15-13-26)23(29)11-8-19-6-9-20(24)10-7-19/h3-11H,12-16H2,1-2H3,(H,25,28)/b11-8+. The van der Waals surface area contributed by atoms with Crippen molar-refractivity contribution < 1.29 is 14.0 Å². The number of carbonyl (C=O) groups is 2. The van der Waals surface area contributed by atoms with Crippen LogP contribution in [0, 0.1) is 19.7 Å². The number of halogens is 1. The molecule has 0 saturated carbocycles. The number of carbonyl (C=O) groups excluding carboxylic acids is 2. The van der Waals surface area contributed by atoms with Crippen molar-refractivity contribution >= 4 is 23.6 Å². The highest BCUT2D eigenvalue weighted by Crippen LogP contribution is 2.18. The number of hydrogen-bond acceptors (Lipinski definition) is 3. The number of benzene rings is 2. The summed E-state index contributed by atoms with van der Waals surface area (Å²) in [5, 5.41) is 2.98. The molecule has 1 N–H and O–H groups in total. The van der Waals surface area contributed by atoms with Crippen molar-refractivity contribution in [3.05, 3.63) is 71.0 Å². The Hall–Kier alpha value is -2.99. The summed E-state index contributed by atoms with van der Waals surface area (Å²) in [6, 6.07) is 11.9. The summed E-state index contributed by atoms with van der Waals surface area (Å²) >= 11 is 0. The van der Waals surface area contributed by atoms with E-state index in [4.69, 9.17) is 0 Å². The Labute approximate surface area is 170 Å². The third-order valence-electron chi connectivity index (χ3n) is 5.22. The number of rotatable bonds is 5. The summed E-state index contributed by atoms with van der Waals surface area (Å²) < 4.78 is 12.9. The Balaban J connectivity index is 1.46. The predicted octanol–water partition coefficient (Wildman–Crippen LogP) is 3.24. The molecule has 1 aliphatic heterocycles. The van der Waals surface area contributed by atoms with Gasteiger partial charge in [0.2, 0.25) is 11.8 Å². The first kappa shape index (κ1) is 20.7. The van der Waals surface area contributed by atoms with Crippen LogP contribution in [-0.4, -0.2) is 54.3 Å². The minimum atomic E-state index is -0.300. The van der Waals surface area contributed by atoms with E-state index in [1.54, 1.807) is 23.1 Å². The fraction of sp³-hybridized carbons (Fsp3) is 0.304. The Morgan fingerprint density at radius 2 is 1.72 bits per heavy atom. The fourth-order valence-electron chi connectivity index (χ4n) is 3.25. The SMILES string of the molecule is Cc1cccc(NC(=O)CN2CCN(C(=O)/C=C/c3ccc(F)cc3)CC2)c1C. The van der Waals surface area contributed by atoms with Gasteiger partial charge in [-0.15, -0.1) is 0 Å². The summed E-state index contributed by atoms with van der Waals surface area (Å²) in [5.41, 5.74) is 3.84. The van der Waals surface area contributed by atoms with Gasteiger partial charge in [-0.3, -0.25) is 14.5 Å². The highest BCUT2D eigenvalue weighted by Gasteiger charge is 2.21. The molecule has 0 radical (unpaired) electrons. The maximum atomic E-state index is 12.9. The van der Waals surface area contributed by atoms with Gasteiger partial charge in [-0.25, -0.2) is 4.39 Å². The molecule has 0 unspecified atom stereocenters. The molecule has 1 fully saturated rings. The van der Waals surface area contributed by atoms with E-state index in [9.17, 15) is 14.0 Å². The van der Waals surface area contributed by atoms with Gasteiger partial charge in [0.1, 0.15) is 5.82 Å². The van der Waals surface area contributed by atoms with Crippen LogP contribution in [0.3, 0.4) is 0 Å². The van der Waals surface area contributed by atoms with Gasteiger partial charge < -0.3 is 10.2 Å². The molecule has 0 aliphatic carbocycles. The number of piperazine rings is 1. The van der Waals surface area contributed by atoms with E-state index in [1.165, 1.54) is 18.2 Å². The molecule has 2 aromatic carbocycles. The molecule has 2 amide bonds. The van der Waals surface area contributed by atoms with Crippen molar-refractivity contribution in [1.29, 1.82) is 0 Å². The first-order valence-electron chi connectivity index (χ1n) is 9.73. The van der Waals surface area contributed by atoms with Crippen molar-refractivity contribution in [2.24, 2.45) is 0 Å². The normalized spacial score (nSPS) is 14.9. The lowest BCUT2D eigenvalue weighted by atomic mass is 10.1. The third-order valence-corrected chi connectivity index (χ3v) is 5.22. The van der Waals surface area contributed by atoms with Crippen LogP contribution in [0.2, 0.25) is 0 Å². The van der Waals surface area contributed by atoms with E-state index in [0.717, 1.165) is 22.4 Å². The lowest BCUT2D eigenvalue weighted by molar-refractivity contribution is -0.127. The summed E-state index contributed by atoms with van der Waals surface area (Å²) in [4.78, 5) is 28.5. The lowest BCUT2D eigenvalue weighted by Crippen LogP contribution is -2.50. The van der Waals surface area contributed by atoms with Crippen LogP contribution in [0.25, 0.3) is 6.08 Å². The van der Waals surface area contributed by atoms with Crippen LogP contribution < -0.4 is 5.32 Å². The number of anilines is 1. The number of hydrogen-bond donors (Lipinski definition) is 1. The predicted molar refractivity (Wildman–Crippen MR) is 113 cm³/mol. The van der Waals surface area contributed by atoms with Crippen LogP contribution in [0.4, 0.5) is 10.1 Å². The molecule has 152 valence electrons. The molecule has 0 atom stereocenters. The minimum absolute atomic E-state index is 0.0466. The zero-order chi connectivity index (χ0) is 20.8. The Morgan fingerprint density at radius 1 is 1.03 bits per heavy atom. The highest BCUT2D eigenvalue weighted by molar-refractivity contribution is 5.93. The van der Waals surface area contributed by atoms with Crippen molar-refractivity contribution in [2.45, 2.75) is 13.8 Å². The van der Waals surface area contributed by atoms with Crippen molar-refractivity contribution in [1.82, 2.24) is 9.80 Å². The van der Waals surface area contributed by atoms with Gasteiger partial charge in [0.05, 0.1) is 6.54 Å². The van der Waals surface area contributed by atoms with E-state index in [2.05, 4.69) is 5.32 Å². The summed E-state index contributed by atoms with van der Waals surface area (Å²) in [6.07, 6.45) is 3.20. The molecule has 6 heteroatoms. The maximum Gasteiger partial charge on any atom is 0.246 e. The van der Waals surface area contributed by atoms with Gasteiger partial charge in [-0.05, 0) is 54.8 Å². The zero-order valence-corrected chi connectivity index (χ0v) is 16.8. The van der Waals surface area contributed by atoms with Crippen molar-refractivity contribution in [3.63, 3.8) is 0 Å². The number of amides is 2. The van der Waals surface area contributed by atoms with Crippen molar-refractivity contribution in [2.75, 3.05) is 38.0 Å². The third kappa shape index (κ3) is 5.74. The Kier molecular flexibility index (Phi) is 6.77. The second-order valence-corrected chi connectivity index (χ2v) is 7.28. The first-order valence-corrected chi connectivity index (χ1v) is 9.73. The Morgan fingerprint density at radius 3 is 2.41 bits per heavy atom. The average molecular weight is 395 g/mol. The van der Waals surface area contributed by atoms with Crippen LogP contribution >= 0.6 is 0 Å². The van der Waals surface area contributed by atoms with Gasteiger partial charge >= 0.3 is 0 Å². The molecule has 0 bridgehead atoms. The van der Waals surface area contributed by atoms with Gasteiger partial charge in [0.15, 0.2) is 0 Å². The molecule has 5 nitrogen and oxygen atoms in total. The first-order chi connectivity index (χ1) is 13.9. The fourth-order valence-corrected chi connectivity index (χ4v) is 3.25. The van der Waals surface area contributed by atoms with E-state index >= 15 is 0 Å². The van der Waals surface area contributed by atoms with Gasteiger partial charge in [0.25, 0.3) is 0 Å².